The minimum Gasteiger partial charge on any atom is -0.508 e. The van der Waals surface area contributed by atoms with E-state index in [1.165, 1.54) is 0 Å². The molecule has 1 aromatic rings. The number of halogens is 4. The van der Waals surface area contributed by atoms with E-state index in [1.807, 2.05) is 0 Å². The molecule has 0 atom stereocenters. The third-order valence-electron chi connectivity index (χ3n) is 1.57. The molecule has 5 heteroatoms. The number of phenols is 1. The average molecular weight is 223 g/mol. The molecule has 0 saturated carbocycles. The Balaban J connectivity index is 3.14. The fourth-order valence-electron chi connectivity index (χ4n) is 0.912. The van der Waals surface area contributed by atoms with Crippen molar-refractivity contribution in [3.05, 3.63) is 35.4 Å². The van der Waals surface area contributed by atoms with Crippen LogP contribution in [0, 0.1) is 0 Å². The molecule has 1 rings (SSSR count). The number of allylic oxidation sites excluding steroid dienone is 1. The third kappa shape index (κ3) is 2.42. The molecule has 0 unspecified atom stereocenters. The number of aromatic hydroxyl groups is 1. The maximum absolute atomic E-state index is 12.2. The van der Waals surface area contributed by atoms with E-state index in [4.69, 9.17) is 16.7 Å². The summed E-state index contributed by atoms with van der Waals surface area (Å²) in [6, 6.07) is 3.20. The molecule has 0 heterocycles. The van der Waals surface area contributed by atoms with Gasteiger partial charge in [0, 0.05) is 5.02 Å². The normalized spacial score (nSPS) is 11.4. The van der Waals surface area contributed by atoms with E-state index in [0.29, 0.717) is 0 Å². The van der Waals surface area contributed by atoms with Crippen LogP contribution in [0.25, 0.3) is 5.57 Å². The first kappa shape index (κ1) is 10.9. The van der Waals surface area contributed by atoms with Crippen molar-refractivity contribution in [1.29, 1.82) is 0 Å². The first-order valence-corrected chi connectivity index (χ1v) is 3.94. The van der Waals surface area contributed by atoms with Crippen molar-refractivity contribution in [2.45, 2.75) is 6.18 Å². The van der Waals surface area contributed by atoms with Crippen LogP contribution < -0.4 is 0 Å². The minimum absolute atomic E-state index is 0.0328. The van der Waals surface area contributed by atoms with Crippen LogP contribution in [0.3, 0.4) is 0 Å². The van der Waals surface area contributed by atoms with Crippen molar-refractivity contribution in [1.82, 2.24) is 0 Å². The highest BCUT2D eigenvalue weighted by atomic mass is 35.5. The number of alkyl halides is 3. The highest BCUT2D eigenvalue weighted by Gasteiger charge is 2.33. The number of hydrogen-bond acceptors (Lipinski definition) is 1. The summed E-state index contributed by atoms with van der Waals surface area (Å²) in [7, 11) is 0. The van der Waals surface area contributed by atoms with Gasteiger partial charge in [-0.1, -0.05) is 18.2 Å². The number of benzene rings is 1. The van der Waals surface area contributed by atoms with Crippen LogP contribution in [-0.2, 0) is 0 Å². The first-order chi connectivity index (χ1) is 6.30. The molecule has 0 saturated heterocycles. The van der Waals surface area contributed by atoms with E-state index in [-0.39, 0.29) is 16.3 Å². The summed E-state index contributed by atoms with van der Waals surface area (Å²) in [6.45, 7) is 2.88. The molecule has 1 nitrogen and oxygen atoms in total. The van der Waals surface area contributed by atoms with Crippen molar-refractivity contribution in [3.63, 3.8) is 0 Å². The molecule has 0 fully saturated rings. The summed E-state index contributed by atoms with van der Waals surface area (Å²) >= 11 is 5.48. The third-order valence-corrected chi connectivity index (χ3v) is 1.79. The fourth-order valence-corrected chi connectivity index (χ4v) is 1.14. The van der Waals surface area contributed by atoms with Crippen LogP contribution in [0.5, 0.6) is 5.75 Å². The number of hydrogen-bond donors (Lipinski definition) is 1. The van der Waals surface area contributed by atoms with E-state index in [0.717, 1.165) is 18.2 Å². The van der Waals surface area contributed by atoms with Crippen molar-refractivity contribution >= 4 is 17.2 Å². The lowest BCUT2D eigenvalue weighted by Gasteiger charge is -2.10. The summed E-state index contributed by atoms with van der Waals surface area (Å²) in [5.41, 5.74) is -1.27. The van der Waals surface area contributed by atoms with Gasteiger partial charge in [-0.05, 0) is 23.8 Å². The van der Waals surface area contributed by atoms with Gasteiger partial charge in [0.05, 0.1) is 5.57 Å². The van der Waals surface area contributed by atoms with Crippen molar-refractivity contribution in [2.75, 3.05) is 0 Å². The monoisotopic (exact) mass is 222 g/mol. The molecule has 76 valence electrons. The van der Waals surface area contributed by atoms with Gasteiger partial charge in [0.1, 0.15) is 5.75 Å². The van der Waals surface area contributed by atoms with Crippen LogP contribution in [0.4, 0.5) is 13.2 Å². The standard InChI is InChI=1S/C9H6ClF3O/c1-5(9(11,12)13)6-2-7(10)4-8(14)3-6/h2-4,14H,1H2. The van der Waals surface area contributed by atoms with E-state index in [1.54, 1.807) is 0 Å². The molecule has 1 aromatic carbocycles. The average Bonchev–Trinajstić information content (AvgIpc) is 1.99. The lowest BCUT2D eigenvalue weighted by Crippen LogP contribution is -2.09. The lowest BCUT2D eigenvalue weighted by atomic mass is 10.1. The Labute approximate surface area is 83.4 Å². The highest BCUT2D eigenvalue weighted by molar-refractivity contribution is 6.30. The molecule has 0 bridgehead atoms. The second-order valence-electron chi connectivity index (χ2n) is 2.67. The Morgan fingerprint density at radius 2 is 1.86 bits per heavy atom. The van der Waals surface area contributed by atoms with Gasteiger partial charge < -0.3 is 5.11 Å². The number of phenolic OH excluding ortho intramolecular Hbond substituents is 1. The van der Waals surface area contributed by atoms with E-state index in [2.05, 4.69) is 6.58 Å². The molecule has 0 aliphatic heterocycles. The quantitative estimate of drug-likeness (QED) is 0.770. The van der Waals surface area contributed by atoms with E-state index >= 15 is 0 Å². The zero-order valence-corrected chi connectivity index (χ0v) is 7.65. The van der Waals surface area contributed by atoms with E-state index in [9.17, 15) is 13.2 Å². The molecular formula is C9H6ClF3O. The van der Waals surface area contributed by atoms with Crippen LogP contribution >= 0.6 is 11.6 Å². The summed E-state index contributed by atoms with van der Waals surface area (Å²) in [6.07, 6.45) is -4.52. The zero-order valence-electron chi connectivity index (χ0n) is 6.90. The summed E-state index contributed by atoms with van der Waals surface area (Å²) in [4.78, 5) is 0. The van der Waals surface area contributed by atoms with Gasteiger partial charge in [-0.2, -0.15) is 13.2 Å². The highest BCUT2D eigenvalue weighted by Crippen LogP contribution is 2.34. The van der Waals surface area contributed by atoms with Crippen LogP contribution in [0.15, 0.2) is 24.8 Å². The maximum Gasteiger partial charge on any atom is 0.416 e. The predicted molar refractivity (Wildman–Crippen MR) is 48.2 cm³/mol. The molecule has 0 amide bonds. The van der Waals surface area contributed by atoms with Gasteiger partial charge in [-0.25, -0.2) is 0 Å². The molecule has 0 aliphatic carbocycles. The largest absolute Gasteiger partial charge is 0.508 e. The Bertz CT molecular complexity index is 351. The van der Waals surface area contributed by atoms with Crippen LogP contribution in [0.1, 0.15) is 5.56 Å². The molecule has 0 spiro atoms. The van der Waals surface area contributed by atoms with E-state index < -0.39 is 11.7 Å². The van der Waals surface area contributed by atoms with Gasteiger partial charge >= 0.3 is 6.18 Å². The molecule has 14 heavy (non-hydrogen) atoms. The molecule has 0 aromatic heterocycles. The van der Waals surface area contributed by atoms with Crippen molar-refractivity contribution < 1.29 is 18.3 Å². The van der Waals surface area contributed by atoms with Gasteiger partial charge in [-0.15, -0.1) is 0 Å². The second kappa shape index (κ2) is 3.53. The summed E-state index contributed by atoms with van der Waals surface area (Å²) in [5.74, 6) is -0.321. The Kier molecular flexibility index (Phi) is 2.76. The van der Waals surface area contributed by atoms with Gasteiger partial charge in [0.15, 0.2) is 0 Å². The topological polar surface area (TPSA) is 20.2 Å². The van der Waals surface area contributed by atoms with Gasteiger partial charge in [-0.3, -0.25) is 0 Å². The Hall–Kier alpha value is -1.16. The Morgan fingerprint density at radius 1 is 1.29 bits per heavy atom. The van der Waals surface area contributed by atoms with Gasteiger partial charge in [0.25, 0.3) is 0 Å². The summed E-state index contributed by atoms with van der Waals surface area (Å²) in [5, 5.41) is 9.05. The molecular weight excluding hydrogens is 217 g/mol. The minimum atomic E-state index is -4.52. The second-order valence-corrected chi connectivity index (χ2v) is 3.11. The smallest absolute Gasteiger partial charge is 0.416 e. The fraction of sp³-hybridized carbons (Fsp3) is 0.111. The van der Waals surface area contributed by atoms with Crippen molar-refractivity contribution in [2.24, 2.45) is 0 Å². The lowest BCUT2D eigenvalue weighted by molar-refractivity contribution is -0.0686. The first-order valence-electron chi connectivity index (χ1n) is 3.57. The molecule has 1 N–H and O–H groups in total. The maximum atomic E-state index is 12.2. The Morgan fingerprint density at radius 3 is 2.29 bits per heavy atom. The SMILES string of the molecule is C=C(c1cc(O)cc(Cl)c1)C(F)(F)F. The molecule has 0 radical (unpaired) electrons. The zero-order chi connectivity index (χ0) is 10.9. The molecule has 0 aliphatic rings. The summed E-state index contributed by atoms with van der Waals surface area (Å²) < 4.78 is 36.5. The van der Waals surface area contributed by atoms with Crippen LogP contribution in [-0.4, -0.2) is 11.3 Å². The predicted octanol–water partition coefficient (Wildman–Crippen LogP) is 3.62. The van der Waals surface area contributed by atoms with Crippen LogP contribution in [0.2, 0.25) is 5.02 Å². The van der Waals surface area contributed by atoms with Crippen molar-refractivity contribution in [3.8, 4) is 5.75 Å². The number of rotatable bonds is 1. The van der Waals surface area contributed by atoms with Gasteiger partial charge in [0.2, 0.25) is 0 Å².